The first kappa shape index (κ1) is 13.2. The summed E-state index contributed by atoms with van der Waals surface area (Å²) in [5.41, 5.74) is 1.33. The van der Waals surface area contributed by atoms with E-state index in [0.717, 1.165) is 11.4 Å². The Morgan fingerprint density at radius 3 is 2.76 bits per heavy atom. The maximum atomic E-state index is 14.2. The van der Waals surface area contributed by atoms with Crippen molar-refractivity contribution in [1.82, 2.24) is 19.5 Å². The molecule has 6 heteroatoms. The average Bonchev–Trinajstić information content (AvgIpc) is 2.92. The van der Waals surface area contributed by atoms with Gasteiger partial charge in [0, 0.05) is 31.3 Å². The third-order valence-electron chi connectivity index (χ3n) is 3.13. The fraction of sp³-hybridized carbons (Fsp3) is 0.133. The number of hydrogen-bond acceptors (Lipinski definition) is 4. The molecule has 0 saturated carbocycles. The largest absolute Gasteiger partial charge is 0.365 e. The number of hydrogen-bond donors (Lipinski definition) is 1. The zero-order valence-corrected chi connectivity index (χ0v) is 11.5. The van der Waals surface area contributed by atoms with Crippen molar-refractivity contribution in [2.45, 2.75) is 13.5 Å². The molecule has 1 aromatic carbocycles. The summed E-state index contributed by atoms with van der Waals surface area (Å²) in [7, 11) is 0. The number of rotatable bonds is 4. The Balaban J connectivity index is 1.77. The first-order valence-electron chi connectivity index (χ1n) is 6.52. The predicted octanol–water partition coefficient (Wildman–Crippen LogP) is 2.72. The summed E-state index contributed by atoms with van der Waals surface area (Å²) in [5.74, 6) is 1.13. The van der Waals surface area contributed by atoms with Crippen LogP contribution in [0.1, 0.15) is 11.4 Å². The Morgan fingerprint density at radius 1 is 1.19 bits per heavy atom. The van der Waals surface area contributed by atoms with E-state index >= 15 is 0 Å². The Labute approximate surface area is 121 Å². The second-order valence-corrected chi connectivity index (χ2v) is 4.57. The van der Waals surface area contributed by atoms with Crippen LogP contribution in [0, 0.1) is 12.7 Å². The van der Waals surface area contributed by atoms with Crippen molar-refractivity contribution >= 4 is 5.82 Å². The van der Waals surface area contributed by atoms with E-state index in [2.05, 4.69) is 20.3 Å². The summed E-state index contributed by atoms with van der Waals surface area (Å²) in [6.45, 7) is 2.32. The fourth-order valence-electron chi connectivity index (χ4n) is 2.07. The van der Waals surface area contributed by atoms with Crippen LogP contribution in [0.25, 0.3) is 5.69 Å². The second kappa shape index (κ2) is 5.70. The van der Waals surface area contributed by atoms with Gasteiger partial charge in [0.25, 0.3) is 0 Å². The maximum Gasteiger partial charge on any atom is 0.147 e. The fourth-order valence-corrected chi connectivity index (χ4v) is 2.07. The highest BCUT2D eigenvalue weighted by Gasteiger charge is 2.07. The zero-order chi connectivity index (χ0) is 14.7. The van der Waals surface area contributed by atoms with Crippen molar-refractivity contribution in [2.24, 2.45) is 0 Å². The molecule has 1 N–H and O–H groups in total. The minimum absolute atomic E-state index is 0.283. The Hall–Kier alpha value is -2.76. The number of aryl methyl sites for hydroxylation is 1. The zero-order valence-electron chi connectivity index (χ0n) is 11.5. The van der Waals surface area contributed by atoms with Gasteiger partial charge in [-0.05, 0) is 24.6 Å². The van der Waals surface area contributed by atoms with Crippen LogP contribution in [0.5, 0.6) is 0 Å². The summed E-state index contributed by atoms with van der Waals surface area (Å²) in [5, 5.41) is 3.09. The number of anilines is 1. The van der Waals surface area contributed by atoms with E-state index in [1.54, 1.807) is 41.6 Å². The monoisotopic (exact) mass is 283 g/mol. The van der Waals surface area contributed by atoms with Gasteiger partial charge in [-0.25, -0.2) is 14.4 Å². The van der Waals surface area contributed by atoms with Crippen LogP contribution in [0.2, 0.25) is 0 Å². The van der Waals surface area contributed by atoms with Crippen LogP contribution in [0.3, 0.4) is 0 Å². The molecule has 3 rings (SSSR count). The highest BCUT2D eigenvalue weighted by atomic mass is 19.1. The number of aromatic nitrogens is 4. The van der Waals surface area contributed by atoms with E-state index in [1.807, 2.05) is 13.0 Å². The van der Waals surface area contributed by atoms with Crippen LogP contribution < -0.4 is 5.32 Å². The molecule has 2 heterocycles. The lowest BCUT2D eigenvalue weighted by atomic mass is 10.2. The van der Waals surface area contributed by atoms with E-state index in [0.29, 0.717) is 18.1 Å². The highest BCUT2D eigenvalue weighted by Crippen LogP contribution is 2.17. The molecular weight excluding hydrogens is 269 g/mol. The van der Waals surface area contributed by atoms with Gasteiger partial charge in [-0.2, -0.15) is 0 Å². The molecule has 2 aromatic heterocycles. The van der Waals surface area contributed by atoms with Crippen molar-refractivity contribution in [1.29, 1.82) is 0 Å². The van der Waals surface area contributed by atoms with Crippen LogP contribution >= 0.6 is 0 Å². The summed E-state index contributed by atoms with van der Waals surface area (Å²) in [6.07, 6.45) is 8.23. The molecule has 0 unspecified atom stereocenters. The lowest BCUT2D eigenvalue weighted by molar-refractivity contribution is 0.614. The average molecular weight is 283 g/mol. The van der Waals surface area contributed by atoms with Gasteiger partial charge in [-0.1, -0.05) is 6.07 Å². The minimum Gasteiger partial charge on any atom is -0.365 e. The van der Waals surface area contributed by atoms with E-state index < -0.39 is 0 Å². The molecule has 0 amide bonds. The standard InChI is InChI=1S/C15H14FN5/c1-11-18-6-7-21(11)14-3-2-12(8-13(14)16)9-20-15-10-17-4-5-19-15/h2-8,10H,9H2,1H3,(H,19,20). The smallest absolute Gasteiger partial charge is 0.147 e. The van der Waals surface area contributed by atoms with Gasteiger partial charge in [0.05, 0.1) is 11.9 Å². The van der Waals surface area contributed by atoms with Crippen molar-refractivity contribution in [3.63, 3.8) is 0 Å². The summed E-state index contributed by atoms with van der Waals surface area (Å²) >= 11 is 0. The first-order chi connectivity index (χ1) is 10.2. The maximum absolute atomic E-state index is 14.2. The third-order valence-corrected chi connectivity index (χ3v) is 3.13. The lowest BCUT2D eigenvalue weighted by Gasteiger charge is -2.09. The molecular formula is C15H14FN5. The lowest BCUT2D eigenvalue weighted by Crippen LogP contribution is -2.04. The van der Waals surface area contributed by atoms with E-state index in [9.17, 15) is 4.39 Å². The van der Waals surface area contributed by atoms with E-state index in [4.69, 9.17) is 0 Å². The summed E-state index contributed by atoms with van der Waals surface area (Å²) in [6, 6.07) is 5.14. The van der Waals surface area contributed by atoms with Crippen LogP contribution in [-0.2, 0) is 6.54 Å². The molecule has 0 aliphatic heterocycles. The molecule has 0 saturated heterocycles. The van der Waals surface area contributed by atoms with Gasteiger partial charge in [-0.15, -0.1) is 0 Å². The number of nitrogens with zero attached hydrogens (tertiary/aromatic N) is 4. The quantitative estimate of drug-likeness (QED) is 0.800. The summed E-state index contributed by atoms with van der Waals surface area (Å²) in [4.78, 5) is 12.2. The normalized spacial score (nSPS) is 10.6. The highest BCUT2D eigenvalue weighted by molar-refractivity contribution is 5.39. The molecule has 0 radical (unpaired) electrons. The summed E-state index contributed by atoms with van der Waals surface area (Å²) < 4.78 is 15.9. The van der Waals surface area contributed by atoms with Gasteiger partial charge < -0.3 is 9.88 Å². The Kier molecular flexibility index (Phi) is 3.59. The molecule has 0 aliphatic rings. The van der Waals surface area contributed by atoms with Crippen LogP contribution in [0.4, 0.5) is 10.2 Å². The van der Waals surface area contributed by atoms with Crippen molar-refractivity contribution < 1.29 is 4.39 Å². The predicted molar refractivity (Wildman–Crippen MR) is 77.6 cm³/mol. The van der Waals surface area contributed by atoms with Gasteiger partial charge >= 0.3 is 0 Å². The van der Waals surface area contributed by atoms with Gasteiger partial charge in [0.2, 0.25) is 0 Å². The van der Waals surface area contributed by atoms with E-state index in [1.165, 1.54) is 6.07 Å². The first-order valence-corrected chi connectivity index (χ1v) is 6.52. The molecule has 0 bridgehead atoms. The van der Waals surface area contributed by atoms with Crippen LogP contribution in [0.15, 0.2) is 49.2 Å². The molecule has 0 atom stereocenters. The molecule has 106 valence electrons. The van der Waals surface area contributed by atoms with Gasteiger partial charge in [0.15, 0.2) is 0 Å². The molecule has 3 aromatic rings. The SMILES string of the molecule is Cc1nccn1-c1ccc(CNc2cnccn2)cc1F. The van der Waals surface area contributed by atoms with Crippen LogP contribution in [-0.4, -0.2) is 19.5 Å². The van der Waals surface area contributed by atoms with E-state index in [-0.39, 0.29) is 5.82 Å². The molecule has 0 spiro atoms. The Bertz CT molecular complexity index is 739. The number of halogens is 1. The third kappa shape index (κ3) is 2.89. The number of nitrogens with one attached hydrogen (secondary N) is 1. The van der Waals surface area contributed by atoms with Crippen molar-refractivity contribution in [2.75, 3.05) is 5.32 Å². The number of benzene rings is 1. The van der Waals surface area contributed by atoms with Crippen molar-refractivity contribution in [3.8, 4) is 5.69 Å². The number of imidazole rings is 1. The second-order valence-electron chi connectivity index (χ2n) is 4.57. The molecule has 0 fully saturated rings. The van der Waals surface area contributed by atoms with Gasteiger partial charge in [-0.3, -0.25) is 4.98 Å². The molecule has 5 nitrogen and oxygen atoms in total. The Morgan fingerprint density at radius 2 is 2.10 bits per heavy atom. The molecule has 0 aliphatic carbocycles. The molecule has 21 heavy (non-hydrogen) atoms. The topological polar surface area (TPSA) is 55.6 Å². The van der Waals surface area contributed by atoms with Gasteiger partial charge in [0.1, 0.15) is 17.5 Å². The van der Waals surface area contributed by atoms with Crippen molar-refractivity contribution in [3.05, 3.63) is 66.4 Å². The minimum atomic E-state index is -0.283.